The van der Waals surface area contributed by atoms with E-state index in [1.807, 2.05) is 55.5 Å². The summed E-state index contributed by atoms with van der Waals surface area (Å²) < 4.78 is 23.5. The van der Waals surface area contributed by atoms with Gasteiger partial charge in [-0.05, 0) is 42.3 Å². The van der Waals surface area contributed by atoms with Crippen LogP contribution >= 0.6 is 0 Å². The number of carbonyl (C=O) groups is 2. The van der Waals surface area contributed by atoms with Gasteiger partial charge in [0.05, 0.1) is 10.8 Å². The predicted octanol–water partition coefficient (Wildman–Crippen LogP) is 4.25. The maximum Gasteiger partial charge on any atom is 0.303 e. The minimum absolute atomic E-state index is 0.463. The van der Waals surface area contributed by atoms with Crippen LogP contribution in [-0.4, -0.2) is 22.3 Å². The summed E-state index contributed by atoms with van der Waals surface area (Å²) in [5.74, 6) is -0.941. The van der Waals surface area contributed by atoms with Crippen molar-refractivity contribution in [3.8, 4) is 0 Å². The van der Waals surface area contributed by atoms with Crippen molar-refractivity contribution >= 4 is 28.3 Å². The molecule has 0 N–H and O–H groups in total. The molecule has 0 aromatic heterocycles. The lowest BCUT2D eigenvalue weighted by atomic mass is 9.87. The number of ether oxygens (including phenoxy) is 2. The van der Waals surface area contributed by atoms with Crippen molar-refractivity contribution in [2.45, 2.75) is 37.9 Å². The first-order chi connectivity index (χ1) is 13.8. The summed E-state index contributed by atoms with van der Waals surface area (Å²) in [5, 5.41) is 1.60. The van der Waals surface area contributed by atoms with Crippen molar-refractivity contribution in [1.82, 2.24) is 0 Å². The van der Waals surface area contributed by atoms with E-state index in [0.29, 0.717) is 4.90 Å². The average molecular weight is 410 g/mol. The van der Waals surface area contributed by atoms with Crippen LogP contribution in [0.15, 0.2) is 71.0 Å². The minimum Gasteiger partial charge on any atom is -0.454 e. The Morgan fingerprint density at radius 1 is 0.966 bits per heavy atom. The molecule has 6 heteroatoms. The lowest BCUT2D eigenvalue weighted by Crippen LogP contribution is -2.29. The zero-order valence-corrected chi connectivity index (χ0v) is 17.3. The largest absolute Gasteiger partial charge is 0.454 e. The van der Waals surface area contributed by atoms with Gasteiger partial charge in [-0.15, -0.1) is 0 Å². The van der Waals surface area contributed by atoms with Crippen molar-refractivity contribution in [2.75, 3.05) is 0 Å². The molecule has 2 aromatic carbocycles. The fourth-order valence-corrected chi connectivity index (χ4v) is 4.00. The van der Waals surface area contributed by atoms with Gasteiger partial charge in [0.15, 0.2) is 12.2 Å². The second-order valence-electron chi connectivity index (χ2n) is 6.73. The van der Waals surface area contributed by atoms with E-state index in [1.165, 1.54) is 13.8 Å². The van der Waals surface area contributed by atoms with E-state index in [2.05, 4.69) is 0 Å². The van der Waals surface area contributed by atoms with Crippen LogP contribution in [0.5, 0.6) is 0 Å². The highest BCUT2D eigenvalue weighted by atomic mass is 32.2. The molecule has 0 fully saturated rings. The number of rotatable bonds is 5. The van der Waals surface area contributed by atoms with Gasteiger partial charge in [0, 0.05) is 29.7 Å². The molecular weight excluding hydrogens is 388 g/mol. The van der Waals surface area contributed by atoms with Crippen molar-refractivity contribution in [3.63, 3.8) is 0 Å². The molecule has 2 aromatic rings. The fraction of sp³-hybridized carbons (Fsp3) is 0.217. The maximum absolute atomic E-state index is 12.6. The van der Waals surface area contributed by atoms with Gasteiger partial charge in [0.25, 0.3) is 0 Å². The molecule has 150 valence electrons. The summed E-state index contributed by atoms with van der Waals surface area (Å²) in [6, 6.07) is 14.9. The van der Waals surface area contributed by atoms with Crippen LogP contribution in [-0.2, 0) is 29.9 Å². The number of benzene rings is 2. The molecule has 1 aliphatic rings. The van der Waals surface area contributed by atoms with Crippen LogP contribution in [0.1, 0.15) is 36.6 Å². The highest BCUT2D eigenvalue weighted by Crippen LogP contribution is 2.37. The van der Waals surface area contributed by atoms with E-state index in [4.69, 9.17) is 9.47 Å². The molecule has 0 heterocycles. The molecule has 0 aliphatic heterocycles. The van der Waals surface area contributed by atoms with Crippen LogP contribution in [0.3, 0.4) is 0 Å². The number of hydrogen-bond acceptors (Lipinski definition) is 5. The summed E-state index contributed by atoms with van der Waals surface area (Å²) in [4.78, 5) is 23.9. The molecular formula is C23H22O5S. The van der Waals surface area contributed by atoms with Crippen LogP contribution < -0.4 is 0 Å². The average Bonchev–Trinajstić information content (AvgIpc) is 2.68. The van der Waals surface area contributed by atoms with Gasteiger partial charge in [0.2, 0.25) is 0 Å². The zero-order chi connectivity index (χ0) is 21.0. The Hall–Kier alpha value is -2.99. The summed E-state index contributed by atoms with van der Waals surface area (Å²) >= 11 is 0. The smallest absolute Gasteiger partial charge is 0.303 e. The molecule has 3 atom stereocenters. The first-order valence-electron chi connectivity index (χ1n) is 9.16. The van der Waals surface area contributed by atoms with Crippen molar-refractivity contribution < 1.29 is 23.3 Å². The molecule has 0 radical (unpaired) electrons. The van der Waals surface area contributed by atoms with Crippen LogP contribution in [0.25, 0.3) is 5.57 Å². The Balaban J connectivity index is 1.96. The van der Waals surface area contributed by atoms with E-state index in [1.54, 1.807) is 17.6 Å². The standard InChI is InChI=1S/C23H22O5S/c1-15-8-10-19(11-9-15)29(26)13-12-18-14-22(27-16(2)24)23(28-17(3)25)21-7-5-4-6-20(18)21/h4-14,22-23H,1-3H3/b13-12-/t22-,23-,29?/m1/s1. The molecule has 0 spiro atoms. The van der Waals surface area contributed by atoms with Crippen molar-refractivity contribution in [3.05, 3.63) is 82.8 Å². The van der Waals surface area contributed by atoms with Gasteiger partial charge in [-0.1, -0.05) is 42.0 Å². The minimum atomic E-state index is -1.32. The first kappa shape index (κ1) is 20.7. The number of esters is 2. The second kappa shape index (κ2) is 9.01. The number of hydrogen-bond donors (Lipinski definition) is 0. The lowest BCUT2D eigenvalue weighted by Gasteiger charge is -2.30. The zero-order valence-electron chi connectivity index (χ0n) is 16.5. The third-order valence-corrected chi connectivity index (χ3v) is 5.56. The predicted molar refractivity (Wildman–Crippen MR) is 111 cm³/mol. The number of allylic oxidation sites excluding steroid dienone is 2. The van der Waals surface area contributed by atoms with E-state index in [9.17, 15) is 13.8 Å². The molecule has 3 rings (SSSR count). The maximum atomic E-state index is 12.6. The highest BCUT2D eigenvalue weighted by Gasteiger charge is 2.33. The molecule has 1 aliphatic carbocycles. The Labute approximate surface area is 172 Å². The van der Waals surface area contributed by atoms with Gasteiger partial charge in [-0.25, -0.2) is 4.21 Å². The quantitative estimate of drug-likeness (QED) is 0.689. The number of aryl methyl sites for hydroxylation is 1. The lowest BCUT2D eigenvalue weighted by molar-refractivity contribution is -0.162. The SMILES string of the molecule is CC(=O)O[C@@H]1c2ccccc2C(/C=C\S(=O)c2ccc(C)cc2)=C[C@H]1OC(C)=O. The third kappa shape index (κ3) is 5.09. The first-order valence-corrected chi connectivity index (χ1v) is 10.4. The molecule has 29 heavy (non-hydrogen) atoms. The summed E-state index contributed by atoms with van der Waals surface area (Å²) in [6.45, 7) is 4.60. The highest BCUT2D eigenvalue weighted by molar-refractivity contribution is 7.88. The Bertz CT molecular complexity index is 1000. The van der Waals surface area contributed by atoms with Gasteiger partial charge >= 0.3 is 11.9 Å². The van der Waals surface area contributed by atoms with E-state index >= 15 is 0 Å². The summed E-state index contributed by atoms with van der Waals surface area (Å²) in [5.41, 5.74) is 3.41. The third-order valence-electron chi connectivity index (χ3n) is 4.44. The summed E-state index contributed by atoms with van der Waals surface area (Å²) in [6.07, 6.45) is 1.97. The van der Waals surface area contributed by atoms with Crippen molar-refractivity contribution in [1.29, 1.82) is 0 Å². The van der Waals surface area contributed by atoms with Crippen LogP contribution in [0.4, 0.5) is 0 Å². The van der Waals surface area contributed by atoms with Crippen LogP contribution in [0.2, 0.25) is 0 Å². The molecule has 0 saturated carbocycles. The van der Waals surface area contributed by atoms with E-state index in [-0.39, 0.29) is 0 Å². The van der Waals surface area contributed by atoms with Gasteiger partial charge in [-0.2, -0.15) is 0 Å². The van der Waals surface area contributed by atoms with E-state index in [0.717, 1.165) is 22.3 Å². The number of carbonyl (C=O) groups excluding carboxylic acids is 2. The Morgan fingerprint density at radius 3 is 2.28 bits per heavy atom. The molecule has 1 unspecified atom stereocenters. The fourth-order valence-electron chi connectivity index (χ4n) is 3.17. The van der Waals surface area contributed by atoms with Gasteiger partial charge < -0.3 is 9.47 Å². The monoisotopic (exact) mass is 410 g/mol. The van der Waals surface area contributed by atoms with Gasteiger partial charge in [0.1, 0.15) is 0 Å². The molecule has 0 amide bonds. The molecule has 0 saturated heterocycles. The van der Waals surface area contributed by atoms with Gasteiger partial charge in [-0.3, -0.25) is 9.59 Å². The number of fused-ring (bicyclic) bond motifs is 1. The van der Waals surface area contributed by atoms with Crippen LogP contribution in [0, 0.1) is 6.92 Å². The van der Waals surface area contributed by atoms with E-state index < -0.39 is 34.9 Å². The Kier molecular flexibility index (Phi) is 6.44. The molecule has 0 bridgehead atoms. The normalized spacial score (nSPS) is 19.2. The Morgan fingerprint density at radius 2 is 1.62 bits per heavy atom. The second-order valence-corrected chi connectivity index (χ2v) is 8.06. The topological polar surface area (TPSA) is 69.7 Å². The van der Waals surface area contributed by atoms with Crippen molar-refractivity contribution in [2.24, 2.45) is 0 Å². The summed E-state index contributed by atoms with van der Waals surface area (Å²) in [7, 11) is -1.32. The molecule has 5 nitrogen and oxygen atoms in total.